The van der Waals surface area contributed by atoms with Gasteiger partial charge in [-0.05, 0) is 100 Å². The minimum atomic E-state index is -1.13. The largest absolute Gasteiger partial charge is 0.460 e. The van der Waals surface area contributed by atoms with Gasteiger partial charge in [-0.1, -0.05) is 25.5 Å². The van der Waals surface area contributed by atoms with E-state index in [4.69, 9.17) is 14.2 Å². The molecule has 0 aromatic carbocycles. The molecule has 0 saturated carbocycles. The molecule has 0 bridgehead atoms. The second-order valence-corrected chi connectivity index (χ2v) is 14.8. The van der Waals surface area contributed by atoms with Crippen molar-refractivity contribution in [3.63, 3.8) is 0 Å². The van der Waals surface area contributed by atoms with Gasteiger partial charge in [-0.15, -0.1) is 0 Å². The lowest BCUT2D eigenvalue weighted by Crippen LogP contribution is -2.49. The minimum Gasteiger partial charge on any atom is -0.460 e. The summed E-state index contributed by atoms with van der Waals surface area (Å²) in [5.41, 5.74) is -1.62. The van der Waals surface area contributed by atoms with Gasteiger partial charge in [0.25, 0.3) is 0 Å². The molecule has 10 heteroatoms. The molecular formula is C35H63N3O7. The van der Waals surface area contributed by atoms with Crippen molar-refractivity contribution in [2.45, 2.75) is 160 Å². The van der Waals surface area contributed by atoms with E-state index in [-0.39, 0.29) is 48.7 Å². The zero-order chi connectivity index (χ0) is 33.8. The van der Waals surface area contributed by atoms with Crippen LogP contribution in [-0.4, -0.2) is 102 Å². The molecule has 0 unspecified atom stereocenters. The number of ether oxygens (including phenoxy) is 3. The van der Waals surface area contributed by atoms with Crippen LogP contribution in [0, 0.1) is 5.92 Å². The molecule has 0 aromatic heterocycles. The first-order valence-corrected chi connectivity index (χ1v) is 17.1. The first-order valence-electron chi connectivity index (χ1n) is 17.1. The van der Waals surface area contributed by atoms with Gasteiger partial charge in [-0.25, -0.2) is 0 Å². The fourth-order valence-corrected chi connectivity index (χ4v) is 6.05. The maximum absolute atomic E-state index is 13.3. The van der Waals surface area contributed by atoms with E-state index < -0.39 is 23.6 Å². The third-order valence-corrected chi connectivity index (χ3v) is 8.92. The van der Waals surface area contributed by atoms with Gasteiger partial charge >= 0.3 is 5.97 Å². The highest BCUT2D eigenvalue weighted by molar-refractivity contribution is 5.81. The summed E-state index contributed by atoms with van der Waals surface area (Å²) in [6.07, 6.45) is 10.5. The van der Waals surface area contributed by atoms with Crippen LogP contribution >= 0.6 is 0 Å². The number of allylic oxidation sites excluding steroid dienone is 1. The lowest BCUT2D eigenvalue weighted by Gasteiger charge is -2.41. The second kappa shape index (κ2) is 18.4. The van der Waals surface area contributed by atoms with E-state index in [1.54, 1.807) is 18.9 Å². The number of unbranched alkanes of at least 4 members (excludes halogenated alkanes) is 2. The van der Waals surface area contributed by atoms with Crippen LogP contribution in [0.4, 0.5) is 0 Å². The van der Waals surface area contributed by atoms with Crippen molar-refractivity contribution >= 4 is 17.8 Å². The molecule has 10 nitrogen and oxygen atoms in total. The third-order valence-electron chi connectivity index (χ3n) is 8.92. The maximum atomic E-state index is 13.3. The zero-order valence-electron chi connectivity index (χ0n) is 29.6. The van der Waals surface area contributed by atoms with Crippen LogP contribution < -0.4 is 5.32 Å². The van der Waals surface area contributed by atoms with Crippen molar-refractivity contribution < 1.29 is 33.7 Å². The number of hydrogen-bond acceptors (Lipinski definition) is 8. The molecule has 0 aromatic rings. The van der Waals surface area contributed by atoms with Gasteiger partial charge in [-0.3, -0.25) is 14.4 Å². The number of esters is 1. The first-order chi connectivity index (χ1) is 21.0. The fraction of sp³-hybridized carbons (Fsp3) is 0.857. The van der Waals surface area contributed by atoms with E-state index in [0.29, 0.717) is 44.7 Å². The number of carbonyl (C=O) groups is 3. The topological polar surface area (TPSA) is 118 Å². The number of amides is 2. The molecule has 2 heterocycles. The van der Waals surface area contributed by atoms with Gasteiger partial charge in [0.05, 0.1) is 24.2 Å². The SMILES string of the molecule is C[C@@H]1C[C@H](N(C)C)C[C@H](O[C@@H]2CC[C@@H](C)C(=O)N[C@@H](CCCC/C=C/CC(=O)OC(C)(C)C)CC(=O)N(C)CCC[C@@]2(C)O)O1. The Labute approximate surface area is 272 Å². The highest BCUT2D eigenvalue weighted by Crippen LogP contribution is 2.31. The Bertz CT molecular complexity index is 961. The molecule has 2 N–H and O–H groups in total. The molecule has 260 valence electrons. The highest BCUT2D eigenvalue weighted by Gasteiger charge is 2.38. The van der Waals surface area contributed by atoms with Gasteiger partial charge in [0.1, 0.15) is 5.60 Å². The van der Waals surface area contributed by atoms with Crippen LogP contribution in [0.25, 0.3) is 0 Å². The Morgan fingerprint density at radius 3 is 2.53 bits per heavy atom. The molecule has 2 rings (SSSR count). The summed E-state index contributed by atoms with van der Waals surface area (Å²) in [7, 11) is 5.91. The number of aliphatic hydroxyl groups is 1. The predicted molar refractivity (Wildman–Crippen MR) is 176 cm³/mol. The highest BCUT2D eigenvalue weighted by atomic mass is 16.7. The smallest absolute Gasteiger partial charge is 0.310 e. The van der Waals surface area contributed by atoms with Crippen LogP contribution in [0.1, 0.15) is 119 Å². The van der Waals surface area contributed by atoms with Gasteiger partial charge < -0.3 is 34.4 Å². The minimum absolute atomic E-state index is 0.0194. The number of rotatable bonds is 10. The monoisotopic (exact) mass is 637 g/mol. The summed E-state index contributed by atoms with van der Waals surface area (Å²) in [6.45, 7) is 11.8. The molecule has 7 atom stereocenters. The summed E-state index contributed by atoms with van der Waals surface area (Å²) in [6, 6.07) is 0.0793. The van der Waals surface area contributed by atoms with Crippen LogP contribution in [-0.2, 0) is 28.6 Å². The summed E-state index contributed by atoms with van der Waals surface area (Å²) >= 11 is 0. The van der Waals surface area contributed by atoms with Crippen molar-refractivity contribution in [3.8, 4) is 0 Å². The number of carbonyl (C=O) groups excluding carboxylic acids is 3. The van der Waals surface area contributed by atoms with Crippen LogP contribution in [0.15, 0.2) is 12.2 Å². The molecular weight excluding hydrogens is 574 g/mol. The molecule has 2 fully saturated rings. The molecule has 0 radical (unpaired) electrons. The van der Waals surface area contributed by atoms with Gasteiger partial charge in [0.15, 0.2) is 6.29 Å². The maximum Gasteiger partial charge on any atom is 0.310 e. The zero-order valence-corrected chi connectivity index (χ0v) is 29.6. The number of hydrogen-bond donors (Lipinski definition) is 2. The van der Waals surface area contributed by atoms with Gasteiger partial charge in [0, 0.05) is 44.4 Å². The fourth-order valence-electron chi connectivity index (χ4n) is 6.05. The Morgan fingerprint density at radius 2 is 1.87 bits per heavy atom. The van der Waals surface area contributed by atoms with E-state index in [0.717, 1.165) is 32.1 Å². The van der Waals surface area contributed by atoms with E-state index in [1.807, 2.05) is 39.8 Å². The summed E-state index contributed by atoms with van der Waals surface area (Å²) in [5.74, 6) is -0.650. The van der Waals surface area contributed by atoms with Gasteiger partial charge in [0.2, 0.25) is 11.8 Å². The molecule has 45 heavy (non-hydrogen) atoms. The average molecular weight is 638 g/mol. The molecule has 0 aliphatic carbocycles. The van der Waals surface area contributed by atoms with E-state index in [2.05, 4.69) is 31.2 Å². The van der Waals surface area contributed by atoms with Crippen molar-refractivity contribution in [1.82, 2.24) is 15.1 Å². The average Bonchev–Trinajstić information content (AvgIpc) is 2.92. The van der Waals surface area contributed by atoms with E-state index in [1.165, 1.54) is 0 Å². The molecule has 2 saturated heterocycles. The van der Waals surface area contributed by atoms with Gasteiger partial charge in [-0.2, -0.15) is 0 Å². The van der Waals surface area contributed by atoms with E-state index in [9.17, 15) is 19.5 Å². The lowest BCUT2D eigenvalue weighted by molar-refractivity contribution is -0.251. The van der Waals surface area contributed by atoms with Crippen molar-refractivity contribution in [2.75, 3.05) is 27.7 Å². The Morgan fingerprint density at radius 1 is 1.16 bits per heavy atom. The number of nitrogens with one attached hydrogen (secondary N) is 1. The Hall–Kier alpha value is -2.01. The van der Waals surface area contributed by atoms with Crippen molar-refractivity contribution in [2.24, 2.45) is 5.92 Å². The number of nitrogens with zero attached hydrogens (tertiary/aromatic N) is 2. The Kier molecular flexibility index (Phi) is 16.0. The van der Waals surface area contributed by atoms with Crippen LogP contribution in [0.5, 0.6) is 0 Å². The van der Waals surface area contributed by atoms with Crippen LogP contribution in [0.2, 0.25) is 0 Å². The first kappa shape index (κ1) is 39.2. The van der Waals surface area contributed by atoms with Crippen molar-refractivity contribution in [3.05, 3.63) is 12.2 Å². The molecule has 0 spiro atoms. The quantitative estimate of drug-likeness (QED) is 0.196. The second-order valence-electron chi connectivity index (χ2n) is 14.8. The molecule has 2 aliphatic heterocycles. The summed E-state index contributed by atoms with van der Waals surface area (Å²) in [4.78, 5) is 42.2. The Balaban J connectivity index is 2.00. The summed E-state index contributed by atoms with van der Waals surface area (Å²) in [5, 5.41) is 14.7. The molecule has 2 amide bonds. The van der Waals surface area contributed by atoms with Crippen molar-refractivity contribution in [1.29, 1.82) is 0 Å². The summed E-state index contributed by atoms with van der Waals surface area (Å²) < 4.78 is 18.0. The standard InChI is InChI=1S/C35H63N3O7/c1-25-18-19-29(44-32-24-28(37(7)8)22-26(2)43-32)35(6,42)20-15-21-38(9)30(39)23-27(36-33(25)41)16-13-11-10-12-14-17-31(40)45-34(3,4)5/h12,14,25-29,32,42H,10-11,13,15-24H2,1-9H3,(H,36,41)/b14-12+/t25-,26-,27+,28+,29-,32+,35-/m1/s1. The third kappa shape index (κ3) is 15.0. The van der Waals surface area contributed by atoms with Crippen LogP contribution in [0.3, 0.4) is 0 Å². The molecule has 2 aliphatic rings. The predicted octanol–water partition coefficient (Wildman–Crippen LogP) is 4.97. The van der Waals surface area contributed by atoms with E-state index >= 15 is 0 Å². The normalized spacial score (nSPS) is 31.6. The lowest BCUT2D eigenvalue weighted by atomic mass is 9.87.